The summed E-state index contributed by atoms with van der Waals surface area (Å²) in [6.07, 6.45) is 17.5. The van der Waals surface area contributed by atoms with E-state index >= 15 is 0 Å². The first-order valence-electron chi connectivity index (χ1n) is 10.8. The second-order valence-electron chi connectivity index (χ2n) is 8.63. The quantitative estimate of drug-likeness (QED) is 0.440. The van der Waals surface area contributed by atoms with E-state index in [0.717, 1.165) is 22.2 Å². The Morgan fingerprint density at radius 3 is 1.35 bits per heavy atom. The first kappa shape index (κ1) is 19.7. The standard InChI is InChI=1S/C20H42OSi2/c1-5-17(3)22(19-13-9-7-10-14-19)21-23(18(4)6-2)20-15-11-8-12-16-20/h17-20,22-23H,5-16H2,1-4H3. The molecule has 136 valence electrons. The molecule has 0 aromatic rings. The summed E-state index contributed by atoms with van der Waals surface area (Å²) in [7, 11) is -2.09. The zero-order valence-electron chi connectivity index (χ0n) is 16.4. The molecule has 2 aliphatic rings. The highest BCUT2D eigenvalue weighted by atomic mass is 28.4. The summed E-state index contributed by atoms with van der Waals surface area (Å²) in [6.45, 7) is 9.84. The Bertz CT molecular complexity index is 281. The molecule has 23 heavy (non-hydrogen) atoms. The van der Waals surface area contributed by atoms with E-state index in [1.807, 2.05) is 0 Å². The molecule has 2 saturated carbocycles. The zero-order valence-corrected chi connectivity index (χ0v) is 18.7. The SMILES string of the molecule is CCC(C)[SiH](O[SiH](C(C)CC)C1CCCCC1)C1CCCCC1. The van der Waals surface area contributed by atoms with Gasteiger partial charge in [0.25, 0.3) is 0 Å². The van der Waals surface area contributed by atoms with Crippen molar-refractivity contribution >= 4 is 18.1 Å². The molecule has 0 N–H and O–H groups in total. The molecule has 4 atom stereocenters. The monoisotopic (exact) mass is 354 g/mol. The summed E-state index contributed by atoms with van der Waals surface area (Å²) in [5.41, 5.74) is 3.78. The zero-order chi connectivity index (χ0) is 16.7. The molecule has 0 radical (unpaired) electrons. The van der Waals surface area contributed by atoms with Crippen LogP contribution in [0.2, 0.25) is 22.2 Å². The van der Waals surface area contributed by atoms with Crippen molar-refractivity contribution in [1.82, 2.24) is 0 Å². The van der Waals surface area contributed by atoms with Gasteiger partial charge in [0.05, 0.1) is 0 Å². The molecule has 0 heterocycles. The normalized spacial score (nSPS) is 26.6. The smallest absolute Gasteiger partial charge is 0.168 e. The highest BCUT2D eigenvalue weighted by molar-refractivity contribution is 6.69. The number of hydrogen-bond donors (Lipinski definition) is 0. The van der Waals surface area contributed by atoms with E-state index in [-0.39, 0.29) is 0 Å². The van der Waals surface area contributed by atoms with Crippen LogP contribution >= 0.6 is 0 Å². The average Bonchev–Trinajstić information content (AvgIpc) is 2.63. The van der Waals surface area contributed by atoms with Gasteiger partial charge in [0.15, 0.2) is 18.1 Å². The third-order valence-electron chi connectivity index (χ3n) is 6.95. The first-order chi connectivity index (χ1) is 11.2. The molecule has 2 fully saturated rings. The van der Waals surface area contributed by atoms with Gasteiger partial charge in [-0.25, -0.2) is 0 Å². The van der Waals surface area contributed by atoms with E-state index in [1.165, 1.54) is 77.0 Å². The second-order valence-corrected chi connectivity index (χ2v) is 15.7. The van der Waals surface area contributed by atoms with Gasteiger partial charge in [0.2, 0.25) is 0 Å². The van der Waals surface area contributed by atoms with Crippen LogP contribution in [0.15, 0.2) is 0 Å². The van der Waals surface area contributed by atoms with Gasteiger partial charge in [0.1, 0.15) is 0 Å². The van der Waals surface area contributed by atoms with Crippen LogP contribution in [0.5, 0.6) is 0 Å². The van der Waals surface area contributed by atoms with Crippen LogP contribution in [0.4, 0.5) is 0 Å². The summed E-state index contributed by atoms with van der Waals surface area (Å²) in [4.78, 5) is 0. The maximum absolute atomic E-state index is 7.31. The molecule has 0 bridgehead atoms. The van der Waals surface area contributed by atoms with Crippen molar-refractivity contribution < 1.29 is 4.12 Å². The Labute approximate surface area is 149 Å². The molecule has 0 amide bonds. The Morgan fingerprint density at radius 2 is 1.04 bits per heavy atom. The summed E-state index contributed by atoms with van der Waals surface area (Å²) >= 11 is 0. The first-order valence-corrected chi connectivity index (χ1v) is 14.4. The van der Waals surface area contributed by atoms with E-state index in [4.69, 9.17) is 4.12 Å². The predicted molar refractivity (Wildman–Crippen MR) is 108 cm³/mol. The topological polar surface area (TPSA) is 9.23 Å². The fourth-order valence-corrected chi connectivity index (χ4v) is 15.4. The minimum atomic E-state index is -1.05. The molecule has 0 aliphatic heterocycles. The fraction of sp³-hybridized carbons (Fsp3) is 1.00. The summed E-state index contributed by atoms with van der Waals surface area (Å²) < 4.78 is 7.31. The van der Waals surface area contributed by atoms with Crippen molar-refractivity contribution in [2.75, 3.05) is 0 Å². The largest absolute Gasteiger partial charge is 0.459 e. The van der Waals surface area contributed by atoms with E-state index in [9.17, 15) is 0 Å². The minimum Gasteiger partial charge on any atom is -0.459 e. The molecule has 0 aromatic heterocycles. The van der Waals surface area contributed by atoms with Crippen LogP contribution in [-0.4, -0.2) is 18.1 Å². The van der Waals surface area contributed by atoms with Crippen molar-refractivity contribution in [3.63, 3.8) is 0 Å². The highest BCUT2D eigenvalue weighted by Crippen LogP contribution is 2.42. The van der Waals surface area contributed by atoms with E-state index in [0.29, 0.717) is 0 Å². The molecule has 2 rings (SSSR count). The average molecular weight is 355 g/mol. The summed E-state index contributed by atoms with van der Waals surface area (Å²) in [5.74, 6) is 0. The van der Waals surface area contributed by atoms with Gasteiger partial charge in [-0.2, -0.15) is 0 Å². The van der Waals surface area contributed by atoms with Crippen LogP contribution in [0.1, 0.15) is 105 Å². The van der Waals surface area contributed by atoms with Crippen molar-refractivity contribution in [3.05, 3.63) is 0 Å². The Morgan fingerprint density at radius 1 is 0.696 bits per heavy atom. The van der Waals surface area contributed by atoms with Gasteiger partial charge in [-0.3, -0.25) is 0 Å². The van der Waals surface area contributed by atoms with Gasteiger partial charge >= 0.3 is 0 Å². The lowest BCUT2D eigenvalue weighted by atomic mass is 10.0. The molecule has 3 heteroatoms. The maximum Gasteiger partial charge on any atom is 0.168 e. The lowest BCUT2D eigenvalue weighted by Crippen LogP contribution is -2.41. The van der Waals surface area contributed by atoms with E-state index < -0.39 is 18.1 Å². The molecular weight excluding hydrogens is 312 g/mol. The minimum absolute atomic E-state index is 0.890. The van der Waals surface area contributed by atoms with E-state index in [2.05, 4.69) is 27.7 Å². The molecule has 0 aromatic carbocycles. The Kier molecular flexibility index (Phi) is 8.91. The molecule has 2 aliphatic carbocycles. The number of hydrogen-bond acceptors (Lipinski definition) is 1. The third-order valence-corrected chi connectivity index (χ3v) is 15.8. The van der Waals surface area contributed by atoms with Crippen LogP contribution in [0.3, 0.4) is 0 Å². The third kappa shape index (κ3) is 5.71. The molecule has 4 unspecified atom stereocenters. The molecule has 0 saturated heterocycles. The van der Waals surface area contributed by atoms with E-state index in [1.54, 1.807) is 0 Å². The van der Waals surface area contributed by atoms with Gasteiger partial charge in [-0.15, -0.1) is 0 Å². The molecule has 0 spiro atoms. The second kappa shape index (κ2) is 10.4. The number of rotatable bonds is 8. The molecular formula is C20H42OSi2. The Hall–Kier alpha value is 0.394. The van der Waals surface area contributed by atoms with Crippen molar-refractivity contribution in [1.29, 1.82) is 0 Å². The van der Waals surface area contributed by atoms with Crippen molar-refractivity contribution in [2.24, 2.45) is 0 Å². The van der Waals surface area contributed by atoms with Crippen molar-refractivity contribution in [2.45, 2.75) is 127 Å². The highest BCUT2D eigenvalue weighted by Gasteiger charge is 2.37. The fourth-order valence-electron chi connectivity index (χ4n) is 4.99. The van der Waals surface area contributed by atoms with Crippen LogP contribution in [0.25, 0.3) is 0 Å². The summed E-state index contributed by atoms with van der Waals surface area (Å²) in [5, 5.41) is 0. The lowest BCUT2D eigenvalue weighted by molar-refractivity contribution is 0.409. The molecule has 1 nitrogen and oxygen atoms in total. The Balaban J connectivity index is 2.07. The van der Waals surface area contributed by atoms with Crippen LogP contribution < -0.4 is 0 Å². The van der Waals surface area contributed by atoms with Crippen LogP contribution in [0, 0.1) is 0 Å². The van der Waals surface area contributed by atoms with Crippen LogP contribution in [-0.2, 0) is 4.12 Å². The van der Waals surface area contributed by atoms with Gasteiger partial charge in [-0.1, -0.05) is 105 Å². The van der Waals surface area contributed by atoms with Gasteiger partial charge < -0.3 is 4.12 Å². The summed E-state index contributed by atoms with van der Waals surface area (Å²) in [6, 6.07) is 0. The maximum atomic E-state index is 7.31. The van der Waals surface area contributed by atoms with Gasteiger partial charge in [0, 0.05) is 0 Å². The van der Waals surface area contributed by atoms with Gasteiger partial charge in [-0.05, 0) is 22.2 Å². The lowest BCUT2D eigenvalue weighted by Gasteiger charge is -2.40. The predicted octanol–water partition coefficient (Wildman–Crippen LogP) is 6.72. The van der Waals surface area contributed by atoms with Crippen molar-refractivity contribution in [3.8, 4) is 0 Å².